The summed E-state index contributed by atoms with van der Waals surface area (Å²) in [4.78, 5) is 0.138. The second-order valence-electron chi connectivity index (χ2n) is 5.51. The third-order valence-corrected chi connectivity index (χ3v) is 5.49. The van der Waals surface area contributed by atoms with E-state index in [1.807, 2.05) is 0 Å². The smallest absolute Gasteiger partial charge is 0.241 e. The van der Waals surface area contributed by atoms with Gasteiger partial charge in [0.1, 0.15) is 5.82 Å². The lowest BCUT2D eigenvalue weighted by Crippen LogP contribution is -2.40. The van der Waals surface area contributed by atoms with E-state index in [-0.39, 0.29) is 10.9 Å². The van der Waals surface area contributed by atoms with Crippen LogP contribution in [-0.4, -0.2) is 25.7 Å². The second kappa shape index (κ2) is 5.79. The summed E-state index contributed by atoms with van der Waals surface area (Å²) in [5, 5.41) is 9.61. The van der Waals surface area contributed by atoms with Gasteiger partial charge in [0, 0.05) is 6.04 Å². The van der Waals surface area contributed by atoms with Crippen LogP contribution in [0.5, 0.6) is 0 Å². The van der Waals surface area contributed by atoms with Crippen LogP contribution in [0.1, 0.15) is 36.8 Å². The van der Waals surface area contributed by atoms with Gasteiger partial charge in [-0.3, -0.25) is 0 Å². The number of sulfonamides is 1. The van der Waals surface area contributed by atoms with Gasteiger partial charge in [0.15, 0.2) is 0 Å². The Bertz CT molecular complexity index is 577. The average Bonchev–Trinajstić information content (AvgIpc) is 2.25. The van der Waals surface area contributed by atoms with E-state index in [4.69, 9.17) is 0 Å². The normalized spacial score (nSPS) is 23.8. The quantitative estimate of drug-likeness (QED) is 0.897. The maximum atomic E-state index is 13.3. The van der Waals surface area contributed by atoms with Crippen molar-refractivity contribution in [2.45, 2.75) is 56.6 Å². The van der Waals surface area contributed by atoms with Crippen molar-refractivity contribution in [1.82, 2.24) is 4.72 Å². The zero-order valence-corrected chi connectivity index (χ0v) is 12.5. The summed E-state index contributed by atoms with van der Waals surface area (Å²) < 4.78 is 40.8. The van der Waals surface area contributed by atoms with Gasteiger partial charge in [-0.1, -0.05) is 0 Å². The first-order valence-corrected chi connectivity index (χ1v) is 8.25. The molecule has 4 nitrogen and oxygen atoms in total. The SMILES string of the molecule is Cc1cc(F)cc(C)c1S(=O)(=O)NC1CCCC(O)C1. The Hall–Kier alpha value is -0.980. The number of halogens is 1. The molecule has 2 rings (SSSR count). The molecule has 1 aromatic carbocycles. The van der Waals surface area contributed by atoms with Crippen molar-refractivity contribution in [3.05, 3.63) is 29.1 Å². The van der Waals surface area contributed by atoms with E-state index in [2.05, 4.69) is 4.72 Å². The van der Waals surface area contributed by atoms with Crippen LogP contribution in [-0.2, 0) is 10.0 Å². The van der Waals surface area contributed by atoms with Gasteiger partial charge in [-0.05, 0) is 62.8 Å². The largest absolute Gasteiger partial charge is 0.393 e. The molecule has 0 radical (unpaired) electrons. The molecule has 2 N–H and O–H groups in total. The molecule has 0 saturated heterocycles. The van der Waals surface area contributed by atoms with Crippen LogP contribution < -0.4 is 4.72 Å². The van der Waals surface area contributed by atoms with E-state index in [1.165, 1.54) is 12.1 Å². The number of rotatable bonds is 3. The Kier molecular flexibility index (Phi) is 4.46. The number of hydrogen-bond acceptors (Lipinski definition) is 3. The highest BCUT2D eigenvalue weighted by atomic mass is 32.2. The molecule has 6 heteroatoms. The molecule has 0 amide bonds. The van der Waals surface area contributed by atoms with Gasteiger partial charge in [-0.15, -0.1) is 0 Å². The molecule has 0 heterocycles. The van der Waals surface area contributed by atoms with Crippen molar-refractivity contribution in [2.24, 2.45) is 0 Å². The summed E-state index contributed by atoms with van der Waals surface area (Å²) in [5.74, 6) is -0.438. The van der Waals surface area contributed by atoms with E-state index >= 15 is 0 Å². The van der Waals surface area contributed by atoms with E-state index < -0.39 is 21.9 Å². The highest BCUT2D eigenvalue weighted by Crippen LogP contribution is 2.24. The molecule has 2 unspecified atom stereocenters. The molecular formula is C14H20FNO3S. The predicted octanol–water partition coefficient (Wildman–Crippen LogP) is 2.02. The Labute approximate surface area is 119 Å². The summed E-state index contributed by atoms with van der Waals surface area (Å²) in [6, 6.07) is 2.18. The number of aliphatic hydroxyl groups is 1. The van der Waals surface area contributed by atoms with Crippen molar-refractivity contribution in [1.29, 1.82) is 0 Å². The minimum absolute atomic E-state index is 0.138. The predicted molar refractivity (Wildman–Crippen MR) is 74.5 cm³/mol. The van der Waals surface area contributed by atoms with E-state index in [1.54, 1.807) is 13.8 Å². The lowest BCUT2D eigenvalue weighted by molar-refractivity contribution is 0.117. The van der Waals surface area contributed by atoms with E-state index in [0.29, 0.717) is 24.0 Å². The van der Waals surface area contributed by atoms with Crippen LogP contribution in [0, 0.1) is 19.7 Å². The van der Waals surface area contributed by atoms with E-state index in [0.717, 1.165) is 12.8 Å². The Morgan fingerprint density at radius 2 is 1.85 bits per heavy atom. The van der Waals surface area contributed by atoms with Gasteiger partial charge in [-0.25, -0.2) is 17.5 Å². The summed E-state index contributed by atoms with van der Waals surface area (Å²) in [6.07, 6.45) is 2.21. The second-order valence-corrected chi connectivity index (χ2v) is 7.16. The van der Waals surface area contributed by atoms with Crippen LogP contribution in [0.4, 0.5) is 4.39 Å². The minimum Gasteiger partial charge on any atom is -0.393 e. The molecule has 0 bridgehead atoms. The third kappa shape index (κ3) is 3.37. The van der Waals surface area contributed by atoms with Crippen LogP contribution in [0.2, 0.25) is 0 Å². The van der Waals surface area contributed by atoms with Crippen molar-refractivity contribution in [3.8, 4) is 0 Å². The topological polar surface area (TPSA) is 66.4 Å². The summed E-state index contributed by atoms with van der Waals surface area (Å²) in [7, 11) is -3.69. The molecule has 2 atom stereocenters. The number of aliphatic hydroxyl groups excluding tert-OH is 1. The summed E-state index contributed by atoms with van der Waals surface area (Å²) in [5.41, 5.74) is 0.790. The molecule has 1 aromatic rings. The lowest BCUT2D eigenvalue weighted by atomic mass is 9.94. The van der Waals surface area contributed by atoms with Crippen LogP contribution in [0.25, 0.3) is 0 Å². The number of nitrogens with one attached hydrogen (secondary N) is 1. The molecule has 112 valence electrons. The molecule has 1 saturated carbocycles. The number of hydrogen-bond donors (Lipinski definition) is 2. The average molecular weight is 301 g/mol. The van der Waals surface area contributed by atoms with Gasteiger partial charge in [0.25, 0.3) is 0 Å². The Balaban J connectivity index is 2.27. The van der Waals surface area contributed by atoms with Gasteiger partial charge in [0.2, 0.25) is 10.0 Å². The molecule has 0 aromatic heterocycles. The molecule has 1 aliphatic rings. The highest BCUT2D eigenvalue weighted by Gasteiger charge is 2.27. The maximum Gasteiger partial charge on any atom is 0.241 e. The zero-order chi connectivity index (χ0) is 14.9. The van der Waals surface area contributed by atoms with Crippen molar-refractivity contribution in [3.63, 3.8) is 0 Å². The minimum atomic E-state index is -3.69. The zero-order valence-electron chi connectivity index (χ0n) is 11.7. The van der Waals surface area contributed by atoms with Gasteiger partial charge in [0.05, 0.1) is 11.0 Å². The highest BCUT2D eigenvalue weighted by molar-refractivity contribution is 7.89. The summed E-state index contributed by atoms with van der Waals surface area (Å²) in [6.45, 7) is 3.17. The van der Waals surface area contributed by atoms with E-state index in [9.17, 15) is 17.9 Å². The fourth-order valence-electron chi connectivity index (χ4n) is 2.87. The van der Waals surface area contributed by atoms with Crippen LogP contribution in [0.15, 0.2) is 17.0 Å². The Morgan fingerprint density at radius 3 is 2.40 bits per heavy atom. The van der Waals surface area contributed by atoms with Gasteiger partial charge < -0.3 is 5.11 Å². The molecule has 1 aliphatic carbocycles. The fraction of sp³-hybridized carbons (Fsp3) is 0.571. The number of benzene rings is 1. The maximum absolute atomic E-state index is 13.3. The first-order valence-electron chi connectivity index (χ1n) is 6.77. The molecule has 1 fully saturated rings. The fourth-order valence-corrected chi connectivity index (χ4v) is 4.61. The third-order valence-electron chi connectivity index (χ3n) is 3.66. The van der Waals surface area contributed by atoms with Crippen molar-refractivity contribution in [2.75, 3.05) is 0 Å². The van der Waals surface area contributed by atoms with Crippen molar-refractivity contribution >= 4 is 10.0 Å². The van der Waals surface area contributed by atoms with Crippen molar-refractivity contribution < 1.29 is 17.9 Å². The molecular weight excluding hydrogens is 281 g/mol. The van der Waals surface area contributed by atoms with Crippen LogP contribution >= 0.6 is 0 Å². The Morgan fingerprint density at radius 1 is 1.25 bits per heavy atom. The standard InChI is InChI=1S/C14H20FNO3S/c1-9-6-11(15)7-10(2)14(9)20(18,19)16-12-4-3-5-13(17)8-12/h6-7,12-13,16-17H,3-5,8H2,1-2H3. The first-order chi connectivity index (χ1) is 9.29. The number of aryl methyl sites for hydroxylation is 2. The van der Waals surface area contributed by atoms with Crippen LogP contribution in [0.3, 0.4) is 0 Å². The molecule has 0 aliphatic heterocycles. The van der Waals surface area contributed by atoms with Gasteiger partial charge in [-0.2, -0.15) is 0 Å². The first kappa shape index (κ1) is 15.4. The molecule has 0 spiro atoms. The lowest BCUT2D eigenvalue weighted by Gasteiger charge is -2.27. The monoisotopic (exact) mass is 301 g/mol. The van der Waals surface area contributed by atoms with Gasteiger partial charge >= 0.3 is 0 Å². The summed E-state index contributed by atoms with van der Waals surface area (Å²) >= 11 is 0. The molecule has 20 heavy (non-hydrogen) atoms.